The molecule has 0 saturated heterocycles. The van der Waals surface area contributed by atoms with E-state index in [0.717, 1.165) is 31.0 Å². The van der Waals surface area contributed by atoms with E-state index in [9.17, 15) is 32.3 Å². The van der Waals surface area contributed by atoms with Crippen LogP contribution in [0.3, 0.4) is 0 Å². The average Bonchev–Trinajstić information content (AvgIpc) is 3.82. The normalized spacial score (nSPS) is 18.5. The number of hydrogen-bond acceptors (Lipinski definition) is 7. The number of carbonyl (C=O) groups is 2. The van der Waals surface area contributed by atoms with Crippen LogP contribution in [0.4, 0.5) is 17.6 Å². The number of rotatable bonds is 11. The van der Waals surface area contributed by atoms with E-state index in [2.05, 4.69) is 20.6 Å². The highest BCUT2D eigenvalue weighted by molar-refractivity contribution is 6.00. The second-order valence-electron chi connectivity index (χ2n) is 13.2. The van der Waals surface area contributed by atoms with Crippen molar-refractivity contribution in [2.45, 2.75) is 63.3 Å². The predicted octanol–water partition coefficient (Wildman–Crippen LogP) is 5.97. The van der Waals surface area contributed by atoms with Crippen LogP contribution in [0.15, 0.2) is 60.8 Å². The number of alkyl halides is 3. The zero-order chi connectivity index (χ0) is 35.1. The van der Waals surface area contributed by atoms with Gasteiger partial charge in [0.15, 0.2) is 0 Å². The lowest BCUT2D eigenvalue weighted by Gasteiger charge is -2.31. The second-order valence-corrected chi connectivity index (χ2v) is 13.2. The number of benzene rings is 2. The van der Waals surface area contributed by atoms with Gasteiger partial charge in [-0.2, -0.15) is 13.2 Å². The third kappa shape index (κ3) is 6.76. The number of carbonyl (C=O) groups excluding carboxylic acids is 2. The first-order valence-electron chi connectivity index (χ1n) is 16.1. The van der Waals surface area contributed by atoms with E-state index in [4.69, 9.17) is 9.47 Å². The van der Waals surface area contributed by atoms with Crippen molar-refractivity contribution in [1.29, 1.82) is 0 Å². The maximum atomic E-state index is 15.0. The first-order chi connectivity index (χ1) is 23.2. The molecule has 1 fully saturated rings. The van der Waals surface area contributed by atoms with Crippen LogP contribution >= 0.6 is 0 Å². The van der Waals surface area contributed by atoms with Gasteiger partial charge in [0.25, 0.3) is 5.91 Å². The monoisotopic (exact) mass is 680 g/mol. The Kier molecular flexibility index (Phi) is 8.99. The lowest BCUT2D eigenvalue weighted by molar-refractivity contribution is -0.265. The maximum absolute atomic E-state index is 15.0. The number of pyridine rings is 2. The summed E-state index contributed by atoms with van der Waals surface area (Å²) in [6.45, 7) is 4.32. The van der Waals surface area contributed by atoms with E-state index in [-0.39, 0.29) is 40.8 Å². The van der Waals surface area contributed by atoms with E-state index in [1.165, 1.54) is 31.2 Å². The molecule has 0 bridgehead atoms. The Hall–Kier alpha value is -4.78. The molecule has 2 aromatic carbocycles. The van der Waals surface area contributed by atoms with Crippen molar-refractivity contribution in [3.05, 3.63) is 83.4 Å². The summed E-state index contributed by atoms with van der Waals surface area (Å²) in [4.78, 5) is 35.4. The minimum atomic E-state index is -5.34. The number of nitrogens with zero attached hydrogens (tertiary/aromatic N) is 2. The highest BCUT2D eigenvalue weighted by atomic mass is 19.4. The molecular formula is C36H36F4N4O5. The van der Waals surface area contributed by atoms with Crippen molar-refractivity contribution in [3.63, 3.8) is 0 Å². The Morgan fingerprint density at radius 1 is 1.10 bits per heavy atom. The standard InChI is InChI=1S/C36H36F4N4O5/c1-20(2)12-14-42-33(46)34(3)19-48-31-26(34)17-28(44-30(31)21-6-8-24(37)9-7-21)35(47,36(38,39)40)18-43-32(45)23-15-22-5-4-13-41-29(22)27(16-23)49-25-10-11-25/h4-9,13,15-17,20,25,47H,10-12,14,18-19H2,1-3H3,(H,42,46)(H,43,45)/t34-,35-/m0/s1. The largest absolute Gasteiger partial charge is 0.489 e. The molecule has 1 aliphatic heterocycles. The molecule has 6 rings (SSSR count). The highest BCUT2D eigenvalue weighted by Crippen LogP contribution is 2.48. The van der Waals surface area contributed by atoms with Crippen LogP contribution in [0, 0.1) is 11.7 Å². The van der Waals surface area contributed by atoms with Crippen LogP contribution in [0.5, 0.6) is 11.5 Å². The number of halogens is 4. The zero-order valence-corrected chi connectivity index (χ0v) is 27.2. The molecule has 3 N–H and O–H groups in total. The Morgan fingerprint density at radius 2 is 1.84 bits per heavy atom. The third-order valence-corrected chi connectivity index (χ3v) is 8.85. The number of aliphatic hydroxyl groups is 1. The Morgan fingerprint density at radius 3 is 2.51 bits per heavy atom. The first-order valence-corrected chi connectivity index (χ1v) is 16.1. The van der Waals surface area contributed by atoms with Crippen LogP contribution in [-0.2, 0) is 15.8 Å². The summed E-state index contributed by atoms with van der Waals surface area (Å²) in [7, 11) is 0. The van der Waals surface area contributed by atoms with Gasteiger partial charge in [-0.15, -0.1) is 0 Å². The van der Waals surface area contributed by atoms with Gasteiger partial charge < -0.3 is 25.2 Å². The van der Waals surface area contributed by atoms with Crippen molar-refractivity contribution in [1.82, 2.24) is 20.6 Å². The van der Waals surface area contributed by atoms with Gasteiger partial charge in [-0.05, 0) is 80.6 Å². The molecule has 4 aromatic rings. The summed E-state index contributed by atoms with van der Waals surface area (Å²) < 4.78 is 70.6. The molecule has 13 heteroatoms. The SMILES string of the molecule is CC(C)CCNC(=O)[C@@]1(C)COc2c1cc([C@@](O)(CNC(=O)c1cc(OC3CC3)c3ncccc3c1)C(F)(F)F)nc2-c1ccc(F)cc1. The summed E-state index contributed by atoms with van der Waals surface area (Å²) in [5.74, 6) is -1.30. The van der Waals surface area contributed by atoms with Gasteiger partial charge in [0.1, 0.15) is 40.5 Å². The molecule has 49 heavy (non-hydrogen) atoms. The van der Waals surface area contributed by atoms with Crippen molar-refractivity contribution in [3.8, 4) is 22.8 Å². The fourth-order valence-electron chi connectivity index (χ4n) is 5.65. The van der Waals surface area contributed by atoms with E-state index in [1.807, 2.05) is 13.8 Å². The Bertz CT molecular complexity index is 1900. The van der Waals surface area contributed by atoms with Gasteiger partial charge in [-0.25, -0.2) is 9.37 Å². The van der Waals surface area contributed by atoms with E-state index in [0.29, 0.717) is 35.5 Å². The lowest BCUT2D eigenvalue weighted by Crippen LogP contribution is -2.52. The quantitative estimate of drug-likeness (QED) is 0.167. The minimum absolute atomic E-state index is 0.00799. The van der Waals surface area contributed by atoms with Gasteiger partial charge >= 0.3 is 6.18 Å². The zero-order valence-electron chi connectivity index (χ0n) is 27.2. The summed E-state index contributed by atoms with van der Waals surface area (Å²) in [5.41, 5.74) is -5.38. The van der Waals surface area contributed by atoms with E-state index in [1.54, 1.807) is 18.3 Å². The molecular weight excluding hydrogens is 644 g/mol. The predicted molar refractivity (Wildman–Crippen MR) is 173 cm³/mol. The maximum Gasteiger partial charge on any atom is 0.424 e. The van der Waals surface area contributed by atoms with Crippen molar-refractivity contribution < 1.29 is 41.7 Å². The molecule has 2 atom stereocenters. The molecule has 2 aliphatic rings. The molecule has 9 nitrogen and oxygen atoms in total. The average molecular weight is 681 g/mol. The van der Waals surface area contributed by atoms with Crippen LogP contribution in [0.1, 0.15) is 61.6 Å². The lowest BCUT2D eigenvalue weighted by atomic mass is 9.81. The molecule has 2 aromatic heterocycles. The third-order valence-electron chi connectivity index (χ3n) is 8.85. The fraction of sp³-hybridized carbons (Fsp3) is 0.389. The number of aromatic nitrogens is 2. The topological polar surface area (TPSA) is 123 Å². The fourth-order valence-corrected chi connectivity index (χ4v) is 5.65. The summed E-state index contributed by atoms with van der Waals surface area (Å²) in [6.07, 6.45) is -1.47. The summed E-state index contributed by atoms with van der Waals surface area (Å²) in [6, 6.07) is 12.1. The smallest absolute Gasteiger partial charge is 0.424 e. The molecule has 258 valence electrons. The van der Waals surface area contributed by atoms with Crippen LogP contribution < -0.4 is 20.1 Å². The molecule has 1 aliphatic carbocycles. The van der Waals surface area contributed by atoms with Gasteiger partial charge in [0.05, 0.1) is 18.3 Å². The van der Waals surface area contributed by atoms with Crippen molar-refractivity contribution in [2.24, 2.45) is 5.92 Å². The van der Waals surface area contributed by atoms with Crippen LogP contribution in [-0.4, -0.2) is 58.9 Å². The number of amides is 2. The van der Waals surface area contributed by atoms with Crippen molar-refractivity contribution >= 4 is 22.7 Å². The molecule has 1 saturated carbocycles. The van der Waals surface area contributed by atoms with Gasteiger partial charge in [0, 0.05) is 34.8 Å². The van der Waals surface area contributed by atoms with Gasteiger partial charge in [-0.1, -0.05) is 19.9 Å². The van der Waals surface area contributed by atoms with Crippen LogP contribution in [0.25, 0.3) is 22.2 Å². The summed E-state index contributed by atoms with van der Waals surface area (Å²) in [5, 5.41) is 17.1. The highest BCUT2D eigenvalue weighted by Gasteiger charge is 2.58. The van der Waals surface area contributed by atoms with Crippen LogP contribution in [0.2, 0.25) is 0 Å². The molecule has 3 heterocycles. The minimum Gasteiger partial charge on any atom is -0.489 e. The second kappa shape index (κ2) is 12.9. The number of ether oxygens (including phenoxy) is 2. The molecule has 0 radical (unpaired) electrons. The van der Waals surface area contributed by atoms with Crippen molar-refractivity contribution in [2.75, 3.05) is 19.7 Å². The number of fused-ring (bicyclic) bond motifs is 2. The Balaban J connectivity index is 1.38. The summed E-state index contributed by atoms with van der Waals surface area (Å²) >= 11 is 0. The molecule has 2 amide bonds. The number of hydrogen-bond donors (Lipinski definition) is 3. The van der Waals surface area contributed by atoms with E-state index >= 15 is 0 Å². The number of nitrogens with one attached hydrogen (secondary N) is 2. The van der Waals surface area contributed by atoms with Gasteiger partial charge in [-0.3, -0.25) is 14.6 Å². The Labute approximate surface area is 280 Å². The molecule has 0 unspecified atom stereocenters. The molecule has 0 spiro atoms. The first kappa shape index (κ1) is 34.1. The van der Waals surface area contributed by atoms with E-state index < -0.39 is 47.1 Å². The van der Waals surface area contributed by atoms with Gasteiger partial charge in [0.2, 0.25) is 11.5 Å².